The molecule has 2 amide bonds. The van der Waals surface area contributed by atoms with Gasteiger partial charge in [-0.15, -0.1) is 11.3 Å². The van der Waals surface area contributed by atoms with Gasteiger partial charge in [-0.2, -0.15) is 13.2 Å². The first kappa shape index (κ1) is 25.7. The second-order valence-electron chi connectivity index (χ2n) is 7.74. The second kappa shape index (κ2) is 9.55. The Morgan fingerprint density at radius 2 is 1.81 bits per heavy atom. The molecule has 3 heterocycles. The maximum Gasteiger partial charge on any atom is 0.490 e. The van der Waals surface area contributed by atoms with E-state index in [9.17, 15) is 27.9 Å². The van der Waals surface area contributed by atoms with Gasteiger partial charge in [-0.05, 0) is 29.6 Å². The molecule has 14 heteroatoms. The molecule has 0 saturated heterocycles. The number of aromatic amines is 1. The molecular formula is C23H17F3N4O6S. The number of benzene rings is 2. The normalized spacial score (nSPS) is 16.8. The number of nitrogens with one attached hydrogen (secondary N) is 2. The number of carbonyl (C=O) groups excluding carboxylic acids is 1. The maximum absolute atomic E-state index is 13.2. The zero-order valence-corrected chi connectivity index (χ0v) is 19.3. The monoisotopic (exact) mass is 534 g/mol. The van der Waals surface area contributed by atoms with Crippen molar-refractivity contribution < 1.29 is 42.9 Å². The van der Waals surface area contributed by atoms with Crippen LogP contribution in [0.4, 0.5) is 23.9 Å². The lowest BCUT2D eigenvalue weighted by Crippen LogP contribution is -2.44. The maximum atomic E-state index is 13.2. The molecule has 4 aromatic rings. The van der Waals surface area contributed by atoms with Gasteiger partial charge in [0.05, 0.1) is 17.6 Å². The molecule has 1 atom stereocenters. The predicted octanol–water partition coefficient (Wildman–Crippen LogP) is 4.20. The van der Waals surface area contributed by atoms with E-state index in [1.165, 1.54) is 16.2 Å². The zero-order chi connectivity index (χ0) is 27.0. The first-order valence-corrected chi connectivity index (χ1v) is 11.3. The highest BCUT2D eigenvalue weighted by Gasteiger charge is 2.49. The first-order chi connectivity index (χ1) is 17.4. The molecule has 1 aliphatic heterocycles. The lowest BCUT2D eigenvalue weighted by atomic mass is 9.93. The number of rotatable bonds is 4. The third-order valence-electron chi connectivity index (χ3n) is 5.42. The van der Waals surface area contributed by atoms with Crippen LogP contribution in [-0.2, 0) is 17.1 Å². The number of hydrogen-bond acceptors (Lipinski definition) is 6. The lowest BCUT2D eigenvalue weighted by Gasteiger charge is -2.34. The Labute approximate surface area is 209 Å². The van der Waals surface area contributed by atoms with Crippen molar-refractivity contribution in [2.24, 2.45) is 0 Å². The average molecular weight is 534 g/mol. The van der Waals surface area contributed by atoms with Crippen molar-refractivity contribution in [3.8, 4) is 0 Å². The molecule has 0 aliphatic carbocycles. The third kappa shape index (κ3) is 4.96. The van der Waals surface area contributed by atoms with Gasteiger partial charge in [0.25, 0.3) is 5.91 Å². The second-order valence-corrected chi connectivity index (χ2v) is 8.77. The summed E-state index contributed by atoms with van der Waals surface area (Å²) in [5, 5.41) is 32.0. The first-order valence-electron chi connectivity index (χ1n) is 10.4. The van der Waals surface area contributed by atoms with Crippen LogP contribution in [0.25, 0.3) is 11.0 Å². The smallest absolute Gasteiger partial charge is 0.475 e. The predicted molar refractivity (Wildman–Crippen MR) is 125 cm³/mol. The Balaban J connectivity index is 0.000000405. The number of aliphatic hydroxyl groups is 1. The van der Waals surface area contributed by atoms with Crippen molar-refractivity contribution in [3.63, 3.8) is 0 Å². The summed E-state index contributed by atoms with van der Waals surface area (Å²) < 4.78 is 31.7. The van der Waals surface area contributed by atoms with Crippen molar-refractivity contribution in [3.05, 3.63) is 81.5 Å². The summed E-state index contributed by atoms with van der Waals surface area (Å²) in [5.41, 5.74) is 0.826. The standard InChI is InChI=1S/C21H16N4O4S.C2HF3O2/c26-18-14-5-1-2-6-15(14)21(29,25(18)11-13-4-3-9-30-13)12-7-8-16-17(10-12)23-19(22-16)24-20(27)28;3-2(4,5)1(6)7/h1-10,29H,11H2,(H,27,28)(H2,22,23,24);(H,6,7). The number of nitrogens with zero attached hydrogens (tertiary/aromatic N) is 2. The van der Waals surface area contributed by atoms with E-state index in [0.717, 1.165) is 4.88 Å². The number of hydrogen-bond donors (Lipinski definition) is 5. The van der Waals surface area contributed by atoms with E-state index in [2.05, 4.69) is 15.3 Å². The number of imidazole rings is 1. The van der Waals surface area contributed by atoms with E-state index in [1.54, 1.807) is 42.5 Å². The van der Waals surface area contributed by atoms with Crippen LogP contribution in [0.15, 0.2) is 60.0 Å². The number of carboxylic acids is 1. The molecule has 37 heavy (non-hydrogen) atoms. The largest absolute Gasteiger partial charge is 0.490 e. The summed E-state index contributed by atoms with van der Waals surface area (Å²) in [6.45, 7) is 0.256. The molecule has 0 spiro atoms. The van der Waals surface area contributed by atoms with Crippen LogP contribution < -0.4 is 5.32 Å². The third-order valence-corrected chi connectivity index (χ3v) is 6.28. The molecule has 1 aliphatic rings. The lowest BCUT2D eigenvalue weighted by molar-refractivity contribution is -0.192. The number of H-pyrrole nitrogens is 1. The van der Waals surface area contributed by atoms with Crippen LogP contribution in [-0.4, -0.2) is 54.3 Å². The number of thiophene rings is 1. The molecular weight excluding hydrogens is 517 g/mol. The summed E-state index contributed by atoms with van der Waals surface area (Å²) in [4.78, 5) is 42.5. The summed E-state index contributed by atoms with van der Waals surface area (Å²) in [5.74, 6) is -2.93. The number of aliphatic carboxylic acids is 1. The number of carbonyl (C=O) groups is 3. The zero-order valence-electron chi connectivity index (χ0n) is 18.5. The Kier molecular flexibility index (Phi) is 6.62. The highest BCUT2D eigenvalue weighted by Crippen LogP contribution is 2.43. The van der Waals surface area contributed by atoms with Gasteiger partial charge in [0.1, 0.15) is 0 Å². The molecule has 0 fully saturated rings. The molecule has 2 aromatic heterocycles. The summed E-state index contributed by atoms with van der Waals surface area (Å²) in [6, 6.07) is 15.9. The summed E-state index contributed by atoms with van der Waals surface area (Å²) >= 11 is 1.51. The Hall–Kier alpha value is -4.43. The quantitative estimate of drug-likeness (QED) is 0.263. The number of alkyl halides is 3. The molecule has 0 radical (unpaired) electrons. The fraction of sp³-hybridized carbons (Fsp3) is 0.130. The number of fused-ring (bicyclic) bond motifs is 2. The minimum atomic E-state index is -5.08. The molecule has 10 nitrogen and oxygen atoms in total. The fourth-order valence-electron chi connectivity index (χ4n) is 3.85. The Morgan fingerprint density at radius 3 is 2.43 bits per heavy atom. The van der Waals surface area contributed by atoms with E-state index in [4.69, 9.17) is 15.0 Å². The minimum Gasteiger partial charge on any atom is -0.475 e. The van der Waals surface area contributed by atoms with Crippen molar-refractivity contribution in [2.75, 3.05) is 5.32 Å². The van der Waals surface area contributed by atoms with E-state index < -0.39 is 24.0 Å². The van der Waals surface area contributed by atoms with Crippen molar-refractivity contribution in [2.45, 2.75) is 18.4 Å². The van der Waals surface area contributed by atoms with E-state index in [0.29, 0.717) is 27.7 Å². The van der Waals surface area contributed by atoms with Crippen molar-refractivity contribution >= 4 is 46.3 Å². The number of amides is 2. The number of halogens is 3. The van der Waals surface area contributed by atoms with Crippen LogP contribution >= 0.6 is 11.3 Å². The van der Waals surface area contributed by atoms with Gasteiger partial charge >= 0.3 is 18.2 Å². The molecule has 192 valence electrons. The summed E-state index contributed by atoms with van der Waals surface area (Å²) in [6.07, 6.45) is -6.31. The number of carboxylic acid groups (broad SMARTS) is 2. The van der Waals surface area contributed by atoms with Gasteiger partial charge in [0.2, 0.25) is 5.95 Å². The SMILES string of the molecule is O=C(O)C(F)(F)F.O=C(O)Nc1nc2cc(C3(O)c4ccccc4C(=O)N3Cc3cccs3)ccc2[nH]1. The van der Waals surface area contributed by atoms with Crippen LogP contribution in [0.1, 0.15) is 26.4 Å². The van der Waals surface area contributed by atoms with Crippen molar-refractivity contribution in [1.82, 2.24) is 14.9 Å². The van der Waals surface area contributed by atoms with Crippen molar-refractivity contribution in [1.29, 1.82) is 0 Å². The van der Waals surface area contributed by atoms with Gasteiger partial charge in [-0.1, -0.05) is 30.3 Å². The van der Waals surface area contributed by atoms with Gasteiger partial charge in [-0.25, -0.2) is 14.6 Å². The van der Waals surface area contributed by atoms with Gasteiger partial charge in [0.15, 0.2) is 5.72 Å². The number of anilines is 1. The highest BCUT2D eigenvalue weighted by atomic mass is 32.1. The minimum absolute atomic E-state index is 0.0833. The van der Waals surface area contributed by atoms with Crippen LogP contribution in [0.2, 0.25) is 0 Å². The average Bonchev–Trinajstić information content (AvgIpc) is 3.53. The van der Waals surface area contributed by atoms with Gasteiger partial charge < -0.3 is 20.3 Å². The van der Waals surface area contributed by atoms with Crippen LogP contribution in [0.5, 0.6) is 0 Å². The molecule has 2 aromatic carbocycles. The summed E-state index contributed by atoms with van der Waals surface area (Å²) in [7, 11) is 0. The molecule has 0 saturated carbocycles. The van der Waals surface area contributed by atoms with Gasteiger partial charge in [-0.3, -0.25) is 15.0 Å². The van der Waals surface area contributed by atoms with Crippen LogP contribution in [0, 0.1) is 0 Å². The molecule has 1 unspecified atom stereocenters. The Bertz CT molecular complexity index is 1490. The number of aromatic nitrogens is 2. The molecule has 0 bridgehead atoms. The topological polar surface area (TPSA) is 156 Å². The van der Waals surface area contributed by atoms with E-state index in [1.807, 2.05) is 17.5 Å². The van der Waals surface area contributed by atoms with Gasteiger partial charge in [0, 0.05) is 21.6 Å². The fourth-order valence-corrected chi connectivity index (χ4v) is 4.54. The Morgan fingerprint density at radius 1 is 1.11 bits per heavy atom. The molecule has 5 rings (SSSR count). The van der Waals surface area contributed by atoms with E-state index in [-0.39, 0.29) is 18.4 Å². The van der Waals surface area contributed by atoms with Crippen LogP contribution in [0.3, 0.4) is 0 Å². The highest BCUT2D eigenvalue weighted by molar-refractivity contribution is 7.09. The van der Waals surface area contributed by atoms with E-state index >= 15 is 0 Å². The molecule has 5 N–H and O–H groups in total.